The Morgan fingerprint density at radius 1 is 1.03 bits per heavy atom. The number of likely N-dealkylation sites (tertiary alicyclic amines) is 2. The van der Waals surface area contributed by atoms with Crippen LogP contribution in [-0.4, -0.2) is 52.8 Å². The maximum atomic E-state index is 13.2. The van der Waals surface area contributed by atoms with Crippen molar-refractivity contribution in [3.8, 4) is 0 Å². The van der Waals surface area contributed by atoms with E-state index in [0.717, 1.165) is 99.1 Å². The summed E-state index contributed by atoms with van der Waals surface area (Å²) in [5.41, 5.74) is 4.00. The second-order valence-corrected chi connectivity index (χ2v) is 9.85. The molecular weight excluding hydrogens is 402 g/mol. The van der Waals surface area contributed by atoms with E-state index in [1.807, 2.05) is 29.0 Å². The van der Waals surface area contributed by atoms with Crippen LogP contribution in [-0.2, 0) is 24.1 Å². The van der Waals surface area contributed by atoms with Gasteiger partial charge in [0.05, 0.1) is 12.0 Å². The zero-order chi connectivity index (χ0) is 22.1. The van der Waals surface area contributed by atoms with Crippen molar-refractivity contribution in [3.63, 3.8) is 0 Å². The number of furan rings is 1. The van der Waals surface area contributed by atoms with Crippen LogP contribution >= 0.6 is 0 Å². The van der Waals surface area contributed by atoms with Gasteiger partial charge < -0.3 is 14.2 Å². The predicted molar refractivity (Wildman–Crippen MR) is 121 cm³/mol. The van der Waals surface area contributed by atoms with Gasteiger partial charge in [-0.1, -0.05) is 6.07 Å². The van der Waals surface area contributed by atoms with E-state index >= 15 is 0 Å². The second kappa shape index (κ2) is 9.08. The molecule has 2 amide bonds. The average molecular weight is 436 g/mol. The number of amides is 2. The van der Waals surface area contributed by atoms with Crippen molar-refractivity contribution in [1.29, 1.82) is 0 Å². The quantitative estimate of drug-likeness (QED) is 0.733. The molecule has 0 spiro atoms. The van der Waals surface area contributed by atoms with Gasteiger partial charge in [0.25, 0.3) is 5.91 Å². The first-order chi connectivity index (χ1) is 15.6. The molecule has 3 aliphatic rings. The molecule has 2 saturated heterocycles. The van der Waals surface area contributed by atoms with Crippen LogP contribution in [0.25, 0.3) is 0 Å². The summed E-state index contributed by atoms with van der Waals surface area (Å²) in [7, 11) is 0. The summed E-state index contributed by atoms with van der Waals surface area (Å²) in [6.45, 7) is 5.26. The normalized spacial score (nSPS) is 23.3. The highest BCUT2D eigenvalue weighted by Crippen LogP contribution is 2.33. The largest absolute Gasteiger partial charge is 0.468 e. The molecule has 2 unspecified atom stereocenters. The minimum Gasteiger partial charge on any atom is -0.468 e. The topological polar surface area (TPSA) is 66.7 Å². The van der Waals surface area contributed by atoms with Gasteiger partial charge in [-0.2, -0.15) is 0 Å². The summed E-state index contributed by atoms with van der Waals surface area (Å²) in [5.74, 6) is 2.28. The lowest BCUT2D eigenvalue weighted by molar-refractivity contribution is -0.132. The molecule has 2 aliphatic heterocycles. The summed E-state index contributed by atoms with van der Waals surface area (Å²) in [6.07, 6.45) is 13.1. The Kier molecular flexibility index (Phi) is 6.03. The number of rotatable bonds is 4. The highest BCUT2D eigenvalue weighted by Gasteiger charge is 2.36. The maximum Gasteiger partial charge on any atom is 0.257 e. The van der Waals surface area contributed by atoms with E-state index in [2.05, 4.69) is 4.98 Å². The van der Waals surface area contributed by atoms with Crippen LogP contribution in [0.3, 0.4) is 0 Å². The highest BCUT2D eigenvalue weighted by atomic mass is 16.3. The zero-order valence-corrected chi connectivity index (χ0v) is 19.0. The van der Waals surface area contributed by atoms with Crippen LogP contribution in [0, 0.1) is 18.8 Å². The molecule has 4 heterocycles. The number of aromatic nitrogens is 1. The SMILES string of the molecule is Cc1cncc(CC(=O)N2CCCC(C3CCN(C(=O)c4coc5c4CCCC5)C3)C2)c1. The van der Waals surface area contributed by atoms with Gasteiger partial charge in [-0.25, -0.2) is 0 Å². The van der Waals surface area contributed by atoms with Crippen LogP contribution in [0.15, 0.2) is 29.1 Å². The molecule has 32 heavy (non-hydrogen) atoms. The van der Waals surface area contributed by atoms with Crippen LogP contribution in [0.1, 0.15) is 64.9 Å². The molecule has 2 aromatic rings. The fraction of sp³-hybridized carbons (Fsp3) is 0.577. The number of hydrogen-bond donors (Lipinski definition) is 0. The van der Waals surface area contributed by atoms with E-state index in [1.54, 1.807) is 12.5 Å². The van der Waals surface area contributed by atoms with Gasteiger partial charge in [-0.3, -0.25) is 14.6 Å². The third-order valence-corrected chi connectivity index (χ3v) is 7.57. The highest BCUT2D eigenvalue weighted by molar-refractivity contribution is 5.96. The third kappa shape index (κ3) is 4.32. The van der Waals surface area contributed by atoms with Crippen molar-refractivity contribution in [2.45, 2.75) is 58.3 Å². The lowest BCUT2D eigenvalue weighted by Crippen LogP contribution is -2.43. The molecule has 170 valence electrons. The molecule has 0 radical (unpaired) electrons. The Hall–Kier alpha value is -2.63. The predicted octanol–water partition coefficient (Wildman–Crippen LogP) is 3.81. The van der Waals surface area contributed by atoms with Gasteiger partial charge in [-0.05, 0) is 68.4 Å². The standard InChI is InChI=1S/C26H33N3O3/c1-18-11-19(14-27-13-18)12-25(30)28-9-4-5-20(15-28)21-8-10-29(16-21)26(31)23-17-32-24-7-3-2-6-22(23)24/h11,13-14,17,20-21H,2-10,12,15-16H2,1H3. The molecule has 2 aromatic heterocycles. The van der Waals surface area contributed by atoms with Gasteiger partial charge in [0.2, 0.25) is 5.91 Å². The zero-order valence-electron chi connectivity index (χ0n) is 19.0. The van der Waals surface area contributed by atoms with Gasteiger partial charge in [0, 0.05) is 50.6 Å². The van der Waals surface area contributed by atoms with Gasteiger partial charge in [0.1, 0.15) is 12.0 Å². The van der Waals surface area contributed by atoms with Gasteiger partial charge >= 0.3 is 0 Å². The number of fused-ring (bicyclic) bond motifs is 1. The molecule has 2 fully saturated rings. The Bertz CT molecular complexity index is 998. The van der Waals surface area contributed by atoms with Crippen molar-refractivity contribution in [2.75, 3.05) is 26.2 Å². The lowest BCUT2D eigenvalue weighted by atomic mass is 9.84. The first-order valence-electron chi connectivity index (χ1n) is 12.2. The summed E-state index contributed by atoms with van der Waals surface area (Å²) >= 11 is 0. The molecule has 0 aromatic carbocycles. The summed E-state index contributed by atoms with van der Waals surface area (Å²) in [6, 6.07) is 2.04. The molecule has 5 rings (SSSR count). The first kappa shape index (κ1) is 21.2. The van der Waals surface area contributed by atoms with E-state index in [0.29, 0.717) is 18.3 Å². The maximum absolute atomic E-state index is 13.2. The van der Waals surface area contributed by atoms with Crippen LogP contribution in [0.4, 0.5) is 0 Å². The first-order valence-corrected chi connectivity index (χ1v) is 12.2. The Balaban J connectivity index is 1.19. The Labute approximate surface area is 190 Å². The monoisotopic (exact) mass is 435 g/mol. The van der Waals surface area contributed by atoms with E-state index in [-0.39, 0.29) is 11.8 Å². The van der Waals surface area contributed by atoms with Crippen molar-refractivity contribution < 1.29 is 14.0 Å². The number of pyridine rings is 1. The van der Waals surface area contributed by atoms with E-state index in [4.69, 9.17) is 4.42 Å². The van der Waals surface area contributed by atoms with Gasteiger partial charge in [0.15, 0.2) is 0 Å². The van der Waals surface area contributed by atoms with Crippen molar-refractivity contribution in [2.24, 2.45) is 11.8 Å². The number of carbonyl (C=O) groups is 2. The van der Waals surface area contributed by atoms with Crippen LogP contribution in [0.2, 0.25) is 0 Å². The molecular formula is C26H33N3O3. The third-order valence-electron chi connectivity index (χ3n) is 7.57. The molecule has 6 nitrogen and oxygen atoms in total. The van der Waals surface area contributed by atoms with E-state index in [1.165, 1.54) is 0 Å². The number of nitrogens with zero attached hydrogens (tertiary/aromatic N) is 3. The smallest absolute Gasteiger partial charge is 0.257 e. The van der Waals surface area contributed by atoms with Crippen molar-refractivity contribution >= 4 is 11.8 Å². The molecule has 1 aliphatic carbocycles. The molecule has 0 bridgehead atoms. The summed E-state index contributed by atoms with van der Waals surface area (Å²) < 4.78 is 5.71. The van der Waals surface area contributed by atoms with Crippen molar-refractivity contribution in [1.82, 2.24) is 14.8 Å². The minimum absolute atomic E-state index is 0.134. The van der Waals surface area contributed by atoms with E-state index in [9.17, 15) is 9.59 Å². The summed E-state index contributed by atoms with van der Waals surface area (Å²) in [5, 5.41) is 0. The lowest BCUT2D eigenvalue weighted by Gasteiger charge is -2.36. The Morgan fingerprint density at radius 2 is 1.84 bits per heavy atom. The number of aryl methyl sites for hydroxylation is 2. The van der Waals surface area contributed by atoms with Crippen molar-refractivity contribution in [3.05, 3.63) is 52.7 Å². The number of piperidine rings is 1. The molecule has 2 atom stereocenters. The minimum atomic E-state index is 0.134. The van der Waals surface area contributed by atoms with E-state index < -0.39 is 0 Å². The average Bonchev–Trinajstić information content (AvgIpc) is 3.47. The van der Waals surface area contributed by atoms with Crippen LogP contribution in [0.5, 0.6) is 0 Å². The second-order valence-electron chi connectivity index (χ2n) is 9.85. The number of hydrogen-bond acceptors (Lipinski definition) is 4. The fourth-order valence-electron chi connectivity index (χ4n) is 5.82. The molecule has 0 saturated carbocycles. The van der Waals surface area contributed by atoms with Gasteiger partial charge in [-0.15, -0.1) is 0 Å². The molecule has 6 heteroatoms. The Morgan fingerprint density at radius 3 is 2.72 bits per heavy atom. The molecule has 0 N–H and O–H groups in total. The van der Waals surface area contributed by atoms with Crippen LogP contribution < -0.4 is 0 Å². The number of carbonyl (C=O) groups excluding carboxylic acids is 2. The fourth-order valence-corrected chi connectivity index (χ4v) is 5.82. The summed E-state index contributed by atoms with van der Waals surface area (Å²) in [4.78, 5) is 34.4.